The van der Waals surface area contributed by atoms with Crippen LogP contribution in [0.5, 0.6) is 0 Å². The minimum atomic E-state index is -0.864. The maximum Gasteiger partial charge on any atom is 0.303 e. The first-order chi connectivity index (χ1) is 8.50. The smallest absolute Gasteiger partial charge is 0.303 e. The molecule has 4 nitrogen and oxygen atoms in total. The zero-order valence-corrected chi connectivity index (χ0v) is 10.6. The van der Waals surface area contributed by atoms with Crippen LogP contribution in [0, 0.1) is 0 Å². The van der Waals surface area contributed by atoms with Crippen LogP contribution in [0.2, 0.25) is 0 Å². The Morgan fingerprint density at radius 2 is 2.06 bits per heavy atom. The minimum absolute atomic E-state index is 0.00690. The molecular weight excluding hydrogens is 230 g/mol. The van der Waals surface area contributed by atoms with E-state index in [1.165, 1.54) is 0 Å². The van der Waals surface area contributed by atoms with E-state index in [0.29, 0.717) is 13.0 Å². The van der Waals surface area contributed by atoms with Crippen LogP contribution in [0.4, 0.5) is 5.69 Å². The number of hydrogen-bond donors (Lipinski definition) is 1. The fourth-order valence-electron chi connectivity index (χ4n) is 2.61. The van der Waals surface area contributed by atoms with Gasteiger partial charge in [-0.25, -0.2) is 0 Å². The predicted octanol–water partition coefficient (Wildman–Crippen LogP) is 2.18. The number of carbonyl (C=O) groups is 2. The molecule has 1 heterocycles. The van der Waals surface area contributed by atoms with Gasteiger partial charge in [0.05, 0.1) is 5.41 Å². The number of benzene rings is 1. The summed E-state index contributed by atoms with van der Waals surface area (Å²) in [6.07, 6.45) is 0.350. The first kappa shape index (κ1) is 12.6. The summed E-state index contributed by atoms with van der Waals surface area (Å²) in [6, 6.07) is 7.63. The Labute approximate surface area is 106 Å². The van der Waals surface area contributed by atoms with Crippen molar-refractivity contribution < 1.29 is 14.7 Å². The van der Waals surface area contributed by atoms with E-state index >= 15 is 0 Å². The molecule has 1 aliphatic heterocycles. The number of fused-ring (bicyclic) bond motifs is 1. The van der Waals surface area contributed by atoms with E-state index in [4.69, 9.17) is 5.11 Å². The van der Waals surface area contributed by atoms with Gasteiger partial charge in [0.25, 0.3) is 0 Å². The number of carbonyl (C=O) groups excluding carboxylic acids is 1. The van der Waals surface area contributed by atoms with E-state index in [1.54, 1.807) is 4.90 Å². The number of rotatable bonds is 4. The van der Waals surface area contributed by atoms with Gasteiger partial charge in [-0.3, -0.25) is 9.59 Å². The van der Waals surface area contributed by atoms with Crippen LogP contribution in [-0.4, -0.2) is 23.5 Å². The zero-order valence-electron chi connectivity index (χ0n) is 10.6. The Morgan fingerprint density at radius 1 is 1.39 bits per heavy atom. The van der Waals surface area contributed by atoms with Crippen LogP contribution in [-0.2, 0) is 15.0 Å². The monoisotopic (exact) mass is 247 g/mol. The van der Waals surface area contributed by atoms with Gasteiger partial charge in [-0.15, -0.1) is 0 Å². The van der Waals surface area contributed by atoms with Crippen LogP contribution in [0.1, 0.15) is 32.3 Å². The van der Waals surface area contributed by atoms with Crippen molar-refractivity contribution in [3.05, 3.63) is 29.8 Å². The third kappa shape index (κ3) is 1.78. The van der Waals surface area contributed by atoms with Crippen LogP contribution in [0.25, 0.3) is 0 Å². The van der Waals surface area contributed by atoms with Crippen molar-refractivity contribution in [2.45, 2.75) is 32.1 Å². The summed E-state index contributed by atoms with van der Waals surface area (Å²) in [6.45, 7) is 4.38. The van der Waals surface area contributed by atoms with Gasteiger partial charge in [0, 0.05) is 18.7 Å². The van der Waals surface area contributed by atoms with E-state index in [2.05, 4.69) is 0 Å². The van der Waals surface area contributed by atoms with Gasteiger partial charge in [0.15, 0.2) is 0 Å². The molecule has 0 saturated carbocycles. The van der Waals surface area contributed by atoms with Crippen LogP contribution in [0.3, 0.4) is 0 Å². The van der Waals surface area contributed by atoms with Crippen molar-refractivity contribution in [2.24, 2.45) is 0 Å². The normalized spacial score (nSPS) is 22.1. The summed E-state index contributed by atoms with van der Waals surface area (Å²) >= 11 is 0. The third-order valence-electron chi connectivity index (χ3n) is 3.66. The Bertz CT molecular complexity index is 498. The van der Waals surface area contributed by atoms with E-state index < -0.39 is 11.4 Å². The first-order valence-electron chi connectivity index (χ1n) is 6.14. The molecule has 2 rings (SSSR count). The summed E-state index contributed by atoms with van der Waals surface area (Å²) in [5.41, 5.74) is 1.15. The van der Waals surface area contributed by atoms with Gasteiger partial charge in [-0.05, 0) is 31.9 Å². The van der Waals surface area contributed by atoms with E-state index in [0.717, 1.165) is 11.3 Å². The largest absolute Gasteiger partial charge is 0.481 e. The molecule has 96 valence electrons. The third-order valence-corrected chi connectivity index (χ3v) is 3.66. The van der Waals surface area contributed by atoms with Crippen molar-refractivity contribution in [3.63, 3.8) is 0 Å². The summed E-state index contributed by atoms with van der Waals surface area (Å²) < 4.78 is 0. The Hall–Kier alpha value is -1.84. The number of aliphatic carboxylic acids is 1. The van der Waals surface area contributed by atoms with Crippen LogP contribution < -0.4 is 4.90 Å². The lowest BCUT2D eigenvalue weighted by Crippen LogP contribution is -2.38. The maximum atomic E-state index is 12.5. The standard InChI is InChI=1S/C14H17NO3/c1-3-15-11-7-5-4-6-10(11)14(2,13(15)18)9-8-12(16)17/h4-7H,3,8-9H2,1-2H3,(H,16,17)/t14-/m0/s1. The molecule has 18 heavy (non-hydrogen) atoms. The zero-order chi connectivity index (χ0) is 13.3. The molecule has 1 atom stereocenters. The molecule has 0 aliphatic carbocycles. The van der Waals surface area contributed by atoms with Crippen molar-refractivity contribution >= 4 is 17.6 Å². The molecule has 4 heteroatoms. The average molecular weight is 247 g/mol. The number of carboxylic acid groups (broad SMARTS) is 1. The predicted molar refractivity (Wildman–Crippen MR) is 68.7 cm³/mol. The number of para-hydroxylation sites is 1. The molecule has 1 aliphatic rings. The van der Waals surface area contributed by atoms with Gasteiger partial charge in [0.1, 0.15) is 0 Å². The highest BCUT2D eigenvalue weighted by Gasteiger charge is 2.46. The van der Waals surface area contributed by atoms with Crippen molar-refractivity contribution in [1.82, 2.24) is 0 Å². The number of likely N-dealkylation sites (N-methyl/N-ethyl adjacent to an activating group) is 1. The van der Waals surface area contributed by atoms with Gasteiger partial charge in [0.2, 0.25) is 5.91 Å². The fraction of sp³-hybridized carbons (Fsp3) is 0.429. The second-order valence-electron chi connectivity index (χ2n) is 4.79. The summed E-state index contributed by atoms with van der Waals surface area (Å²) in [5, 5.41) is 8.82. The highest BCUT2D eigenvalue weighted by atomic mass is 16.4. The van der Waals surface area contributed by atoms with Crippen molar-refractivity contribution in [2.75, 3.05) is 11.4 Å². The lowest BCUT2D eigenvalue weighted by molar-refractivity contribution is -0.137. The van der Waals surface area contributed by atoms with Crippen molar-refractivity contribution in [3.8, 4) is 0 Å². The van der Waals surface area contributed by atoms with Crippen LogP contribution in [0.15, 0.2) is 24.3 Å². The lowest BCUT2D eigenvalue weighted by Gasteiger charge is -2.23. The molecule has 0 aromatic heterocycles. The number of nitrogens with zero attached hydrogens (tertiary/aromatic N) is 1. The molecule has 0 saturated heterocycles. The van der Waals surface area contributed by atoms with Crippen LogP contribution >= 0.6 is 0 Å². The summed E-state index contributed by atoms with van der Waals surface area (Å²) in [7, 11) is 0. The van der Waals surface area contributed by atoms with Gasteiger partial charge in [-0.1, -0.05) is 18.2 Å². The highest BCUT2D eigenvalue weighted by molar-refractivity contribution is 6.07. The molecule has 0 unspecified atom stereocenters. The molecular formula is C14H17NO3. The SMILES string of the molecule is CCN1C(=O)[C@@](C)(CCC(=O)O)c2ccccc21. The topological polar surface area (TPSA) is 57.6 Å². The molecule has 0 spiro atoms. The molecule has 1 N–H and O–H groups in total. The first-order valence-corrected chi connectivity index (χ1v) is 6.14. The van der Waals surface area contributed by atoms with E-state index in [9.17, 15) is 9.59 Å². The number of anilines is 1. The van der Waals surface area contributed by atoms with E-state index in [-0.39, 0.29) is 12.3 Å². The molecule has 1 aromatic rings. The molecule has 1 amide bonds. The number of carboxylic acids is 1. The Morgan fingerprint density at radius 3 is 2.67 bits per heavy atom. The average Bonchev–Trinajstić information content (AvgIpc) is 2.57. The molecule has 0 radical (unpaired) electrons. The van der Waals surface area contributed by atoms with Crippen molar-refractivity contribution in [1.29, 1.82) is 0 Å². The number of hydrogen-bond acceptors (Lipinski definition) is 2. The lowest BCUT2D eigenvalue weighted by atomic mass is 9.79. The highest BCUT2D eigenvalue weighted by Crippen LogP contribution is 2.44. The second kappa shape index (κ2) is 4.44. The molecule has 0 bridgehead atoms. The fourth-order valence-corrected chi connectivity index (χ4v) is 2.61. The Kier molecular flexibility index (Phi) is 3.11. The van der Waals surface area contributed by atoms with Gasteiger partial charge < -0.3 is 10.0 Å². The quantitative estimate of drug-likeness (QED) is 0.887. The van der Waals surface area contributed by atoms with E-state index in [1.807, 2.05) is 38.1 Å². The number of amides is 1. The molecule has 0 fully saturated rings. The minimum Gasteiger partial charge on any atom is -0.481 e. The maximum absolute atomic E-state index is 12.5. The van der Waals surface area contributed by atoms with Gasteiger partial charge in [-0.2, -0.15) is 0 Å². The summed E-state index contributed by atoms with van der Waals surface area (Å²) in [5.74, 6) is -0.857. The summed E-state index contributed by atoms with van der Waals surface area (Å²) in [4.78, 5) is 24.9. The second-order valence-corrected chi connectivity index (χ2v) is 4.79. The van der Waals surface area contributed by atoms with Gasteiger partial charge >= 0.3 is 5.97 Å². The Balaban J connectivity index is 2.42. The molecule has 1 aromatic carbocycles.